The molecule has 2 unspecified atom stereocenters. The Labute approximate surface area is 191 Å². The summed E-state index contributed by atoms with van der Waals surface area (Å²) in [6.45, 7) is 8.90. The van der Waals surface area contributed by atoms with Gasteiger partial charge in [0.2, 0.25) is 15.9 Å². The minimum atomic E-state index is -3.44. The fraction of sp³-hybridized carbons (Fsp3) is 0.625. The van der Waals surface area contributed by atoms with Crippen molar-refractivity contribution in [2.24, 2.45) is 5.92 Å². The van der Waals surface area contributed by atoms with Gasteiger partial charge in [0.1, 0.15) is 0 Å². The van der Waals surface area contributed by atoms with E-state index in [9.17, 15) is 13.2 Å². The molecule has 1 N–H and O–H groups in total. The van der Waals surface area contributed by atoms with Gasteiger partial charge in [-0.3, -0.25) is 9.69 Å². The van der Waals surface area contributed by atoms with E-state index in [4.69, 9.17) is 4.74 Å². The lowest BCUT2D eigenvalue weighted by Crippen LogP contribution is -2.48. The molecule has 1 aromatic rings. The lowest BCUT2D eigenvalue weighted by molar-refractivity contribution is -0.127. The second-order valence-electron chi connectivity index (χ2n) is 9.54. The highest BCUT2D eigenvalue weighted by atomic mass is 32.2. The van der Waals surface area contributed by atoms with E-state index in [0.29, 0.717) is 5.92 Å². The first-order valence-electron chi connectivity index (χ1n) is 11.8. The maximum atomic E-state index is 12.6. The van der Waals surface area contributed by atoms with E-state index in [1.165, 1.54) is 0 Å². The average molecular weight is 462 g/mol. The van der Waals surface area contributed by atoms with Crippen LogP contribution in [0.1, 0.15) is 45.1 Å². The van der Waals surface area contributed by atoms with Gasteiger partial charge in [-0.1, -0.05) is 12.1 Å². The molecule has 2 aliphatic heterocycles. The molecule has 0 radical (unpaired) electrons. The monoisotopic (exact) mass is 461 g/mol. The van der Waals surface area contributed by atoms with Crippen LogP contribution >= 0.6 is 0 Å². The lowest BCUT2D eigenvalue weighted by atomic mass is 9.95. The second-order valence-corrected chi connectivity index (χ2v) is 11.3. The fourth-order valence-electron chi connectivity index (χ4n) is 4.65. The minimum Gasteiger partial charge on any atom is -0.373 e. The normalized spacial score (nSPS) is 26.0. The zero-order valence-electron chi connectivity index (χ0n) is 19.1. The molecule has 2 saturated heterocycles. The fourth-order valence-corrected chi connectivity index (χ4v) is 5.96. The topological polar surface area (TPSA) is 79.0 Å². The van der Waals surface area contributed by atoms with Crippen molar-refractivity contribution >= 4 is 22.0 Å². The van der Waals surface area contributed by atoms with Gasteiger partial charge in [0.25, 0.3) is 0 Å². The first-order chi connectivity index (χ1) is 15.3. The van der Waals surface area contributed by atoms with Gasteiger partial charge >= 0.3 is 0 Å². The van der Waals surface area contributed by atoms with E-state index in [1.807, 2.05) is 4.90 Å². The summed E-state index contributed by atoms with van der Waals surface area (Å²) in [5.74, 6) is 0.642. The van der Waals surface area contributed by atoms with E-state index in [0.717, 1.165) is 64.0 Å². The number of ether oxygens (including phenoxy) is 1. The third kappa shape index (κ3) is 6.41. The summed E-state index contributed by atoms with van der Waals surface area (Å²) < 4.78 is 33.0. The van der Waals surface area contributed by atoms with Crippen LogP contribution in [0.2, 0.25) is 0 Å². The van der Waals surface area contributed by atoms with Crippen LogP contribution in [-0.4, -0.2) is 75.1 Å². The molecule has 4 rings (SSSR count). The van der Waals surface area contributed by atoms with Crippen molar-refractivity contribution in [3.8, 4) is 0 Å². The molecule has 2 atom stereocenters. The van der Waals surface area contributed by atoms with Crippen molar-refractivity contribution in [2.45, 2.75) is 62.7 Å². The van der Waals surface area contributed by atoms with Crippen LogP contribution in [0.25, 0.3) is 6.08 Å². The SMILES string of the molecule is CC1CN(CC2CCN(C(=O)/C=C/c3ccc(S(=O)(=O)NC4CC4)cc3)CC2)CC(C)O1. The molecule has 176 valence electrons. The highest BCUT2D eigenvalue weighted by Gasteiger charge is 2.28. The number of carbonyl (C=O) groups excluding carboxylic acids is 1. The van der Waals surface area contributed by atoms with E-state index in [1.54, 1.807) is 36.4 Å². The van der Waals surface area contributed by atoms with Crippen LogP contribution in [0.4, 0.5) is 0 Å². The minimum absolute atomic E-state index is 0.0177. The van der Waals surface area contributed by atoms with Gasteiger partial charge in [0.15, 0.2) is 0 Å². The molecule has 32 heavy (non-hydrogen) atoms. The predicted octanol–water partition coefficient (Wildman–Crippen LogP) is 2.49. The van der Waals surface area contributed by atoms with Crippen molar-refractivity contribution in [2.75, 3.05) is 32.7 Å². The summed E-state index contributed by atoms with van der Waals surface area (Å²) in [5, 5.41) is 0. The van der Waals surface area contributed by atoms with Crippen LogP contribution in [-0.2, 0) is 19.6 Å². The van der Waals surface area contributed by atoms with Crippen molar-refractivity contribution in [1.82, 2.24) is 14.5 Å². The molecule has 3 aliphatic rings. The van der Waals surface area contributed by atoms with Gasteiger partial charge in [-0.15, -0.1) is 0 Å². The smallest absolute Gasteiger partial charge is 0.246 e. The molecule has 0 bridgehead atoms. The van der Waals surface area contributed by atoms with Gasteiger partial charge in [0.05, 0.1) is 17.1 Å². The Bertz CT molecular complexity index is 909. The number of sulfonamides is 1. The predicted molar refractivity (Wildman–Crippen MR) is 125 cm³/mol. The first-order valence-corrected chi connectivity index (χ1v) is 13.2. The molecule has 8 heteroatoms. The summed E-state index contributed by atoms with van der Waals surface area (Å²) in [6, 6.07) is 6.74. The summed E-state index contributed by atoms with van der Waals surface area (Å²) in [7, 11) is -3.44. The highest BCUT2D eigenvalue weighted by molar-refractivity contribution is 7.89. The van der Waals surface area contributed by atoms with E-state index < -0.39 is 10.0 Å². The highest BCUT2D eigenvalue weighted by Crippen LogP contribution is 2.23. The number of piperidine rings is 1. The Balaban J connectivity index is 1.24. The van der Waals surface area contributed by atoms with E-state index in [-0.39, 0.29) is 29.1 Å². The molecule has 1 aliphatic carbocycles. The van der Waals surface area contributed by atoms with Crippen molar-refractivity contribution in [3.05, 3.63) is 35.9 Å². The Morgan fingerprint density at radius 3 is 2.28 bits per heavy atom. The number of likely N-dealkylation sites (tertiary alicyclic amines) is 1. The van der Waals surface area contributed by atoms with Gasteiger partial charge in [-0.2, -0.15) is 0 Å². The average Bonchev–Trinajstić information content (AvgIpc) is 3.55. The molecule has 7 nitrogen and oxygen atoms in total. The number of carbonyl (C=O) groups is 1. The Kier molecular flexibility index (Phi) is 7.34. The quantitative estimate of drug-likeness (QED) is 0.631. The number of amides is 1. The number of benzene rings is 1. The van der Waals surface area contributed by atoms with Gasteiger partial charge in [-0.25, -0.2) is 13.1 Å². The Hall–Kier alpha value is -1.74. The Morgan fingerprint density at radius 1 is 1.06 bits per heavy atom. The van der Waals surface area contributed by atoms with Gasteiger partial charge in [-0.05, 0) is 69.2 Å². The standard InChI is InChI=1S/C24H35N3O4S/c1-18-15-26(16-19(2)31-18)17-21-11-13-27(14-12-21)24(28)10-5-20-3-8-23(9-4-20)32(29,30)25-22-6-7-22/h3-5,8-10,18-19,21-22,25H,6-7,11-17H2,1-2H3/b10-5+. The number of rotatable bonds is 7. The number of nitrogens with one attached hydrogen (secondary N) is 1. The van der Waals surface area contributed by atoms with Crippen molar-refractivity contribution < 1.29 is 17.9 Å². The van der Waals surface area contributed by atoms with Crippen LogP contribution in [0.15, 0.2) is 35.2 Å². The molecular formula is C24H35N3O4S. The van der Waals surface area contributed by atoms with Crippen LogP contribution in [0.5, 0.6) is 0 Å². The van der Waals surface area contributed by atoms with Gasteiger partial charge < -0.3 is 9.64 Å². The third-order valence-electron chi connectivity index (χ3n) is 6.45. The maximum absolute atomic E-state index is 12.6. The van der Waals surface area contributed by atoms with Crippen LogP contribution < -0.4 is 4.72 Å². The maximum Gasteiger partial charge on any atom is 0.246 e. The molecule has 1 amide bonds. The molecule has 2 heterocycles. The number of hydrogen-bond acceptors (Lipinski definition) is 5. The van der Waals surface area contributed by atoms with E-state index >= 15 is 0 Å². The third-order valence-corrected chi connectivity index (χ3v) is 7.98. The number of hydrogen-bond donors (Lipinski definition) is 1. The molecule has 0 spiro atoms. The van der Waals surface area contributed by atoms with Gasteiger partial charge in [0, 0.05) is 44.8 Å². The lowest BCUT2D eigenvalue weighted by Gasteiger charge is -2.39. The number of morpholine rings is 1. The van der Waals surface area contributed by atoms with Crippen molar-refractivity contribution in [3.63, 3.8) is 0 Å². The summed E-state index contributed by atoms with van der Waals surface area (Å²) in [4.78, 5) is 17.3. The molecular weight excluding hydrogens is 426 g/mol. The zero-order chi connectivity index (χ0) is 22.7. The molecule has 1 saturated carbocycles. The molecule has 3 fully saturated rings. The van der Waals surface area contributed by atoms with Crippen LogP contribution in [0, 0.1) is 5.92 Å². The second kappa shape index (κ2) is 10.0. The summed E-state index contributed by atoms with van der Waals surface area (Å²) in [5.41, 5.74) is 0.814. The number of nitrogens with zero attached hydrogens (tertiary/aromatic N) is 2. The largest absolute Gasteiger partial charge is 0.373 e. The van der Waals surface area contributed by atoms with Crippen LogP contribution in [0.3, 0.4) is 0 Å². The Morgan fingerprint density at radius 2 is 1.69 bits per heavy atom. The zero-order valence-corrected chi connectivity index (χ0v) is 19.9. The van der Waals surface area contributed by atoms with E-state index in [2.05, 4.69) is 23.5 Å². The molecule has 0 aromatic heterocycles. The van der Waals surface area contributed by atoms with Crippen molar-refractivity contribution in [1.29, 1.82) is 0 Å². The molecule has 1 aromatic carbocycles. The summed E-state index contributed by atoms with van der Waals surface area (Å²) in [6.07, 6.45) is 7.80. The first kappa shape index (κ1) is 23.4. The summed E-state index contributed by atoms with van der Waals surface area (Å²) >= 11 is 0.